The Hall–Kier alpha value is -3.15. The Labute approximate surface area is 177 Å². The summed E-state index contributed by atoms with van der Waals surface area (Å²) in [6.07, 6.45) is 9.18. The molecule has 156 valence electrons. The second-order valence-corrected chi connectivity index (χ2v) is 7.69. The molecule has 0 unspecified atom stereocenters. The van der Waals surface area contributed by atoms with Gasteiger partial charge in [-0.1, -0.05) is 36.4 Å². The number of carbonyl (C=O) groups is 1. The second kappa shape index (κ2) is 10.1. The van der Waals surface area contributed by atoms with E-state index >= 15 is 0 Å². The average Bonchev–Trinajstić information content (AvgIpc) is 3.28. The van der Waals surface area contributed by atoms with Gasteiger partial charge in [0.15, 0.2) is 11.7 Å². The fourth-order valence-electron chi connectivity index (χ4n) is 3.68. The first-order chi connectivity index (χ1) is 14.8. The largest absolute Gasteiger partial charge is 0.441 e. The third-order valence-corrected chi connectivity index (χ3v) is 5.39. The molecule has 1 aromatic carbocycles. The maximum atomic E-state index is 12.2. The molecule has 2 aromatic heterocycles. The van der Waals surface area contributed by atoms with Crippen LogP contribution in [0.4, 0.5) is 5.82 Å². The predicted octanol–water partition coefficient (Wildman–Crippen LogP) is 4.37. The number of carbonyl (C=O) groups excluding carboxylic acids is 1. The van der Waals surface area contributed by atoms with Crippen molar-refractivity contribution in [2.75, 3.05) is 18.0 Å². The van der Waals surface area contributed by atoms with E-state index in [4.69, 9.17) is 4.42 Å². The molecule has 1 amide bonds. The Kier molecular flexibility index (Phi) is 6.75. The molecule has 0 bridgehead atoms. The van der Waals surface area contributed by atoms with Crippen LogP contribution in [0, 0.1) is 0 Å². The zero-order valence-electron chi connectivity index (χ0n) is 17.2. The highest BCUT2D eigenvalue weighted by Gasteiger charge is 2.12. The SMILES string of the molecule is O=C(CCCc1ncc(-c2ccccc2)o1)NCc1ccc(N2CCCCC2)nc1. The van der Waals surface area contributed by atoms with Gasteiger partial charge >= 0.3 is 0 Å². The highest BCUT2D eigenvalue weighted by atomic mass is 16.4. The van der Waals surface area contributed by atoms with E-state index in [2.05, 4.69) is 32.3 Å². The van der Waals surface area contributed by atoms with Crippen LogP contribution in [0.15, 0.2) is 59.3 Å². The molecular formula is C24H28N4O2. The van der Waals surface area contributed by atoms with Gasteiger partial charge in [-0.15, -0.1) is 0 Å². The number of aromatic nitrogens is 2. The zero-order chi connectivity index (χ0) is 20.6. The van der Waals surface area contributed by atoms with Crippen molar-refractivity contribution in [1.29, 1.82) is 0 Å². The Morgan fingerprint density at radius 2 is 1.83 bits per heavy atom. The Balaban J connectivity index is 1.18. The van der Waals surface area contributed by atoms with Crippen molar-refractivity contribution in [3.8, 4) is 11.3 Å². The normalized spacial score (nSPS) is 13.9. The van der Waals surface area contributed by atoms with Crippen LogP contribution in [0.5, 0.6) is 0 Å². The molecule has 0 radical (unpaired) electrons. The number of hydrogen-bond donors (Lipinski definition) is 1. The van der Waals surface area contributed by atoms with Crippen molar-refractivity contribution in [3.05, 3.63) is 66.3 Å². The minimum absolute atomic E-state index is 0.0324. The molecule has 0 atom stereocenters. The molecule has 0 aliphatic carbocycles. The molecule has 1 aliphatic heterocycles. The van der Waals surface area contributed by atoms with Gasteiger partial charge in [0.1, 0.15) is 5.82 Å². The minimum Gasteiger partial charge on any atom is -0.441 e. The zero-order valence-corrected chi connectivity index (χ0v) is 17.2. The number of piperidine rings is 1. The average molecular weight is 405 g/mol. The molecule has 30 heavy (non-hydrogen) atoms. The van der Waals surface area contributed by atoms with Crippen LogP contribution >= 0.6 is 0 Å². The van der Waals surface area contributed by atoms with Gasteiger partial charge in [-0.3, -0.25) is 4.79 Å². The van der Waals surface area contributed by atoms with Crippen molar-refractivity contribution in [3.63, 3.8) is 0 Å². The van der Waals surface area contributed by atoms with Crippen LogP contribution < -0.4 is 10.2 Å². The second-order valence-electron chi connectivity index (χ2n) is 7.69. The van der Waals surface area contributed by atoms with Gasteiger partial charge in [0.05, 0.1) is 6.20 Å². The number of nitrogens with one attached hydrogen (secondary N) is 1. The molecule has 1 aliphatic rings. The minimum atomic E-state index is 0.0324. The first kappa shape index (κ1) is 20.1. The number of aryl methyl sites for hydroxylation is 1. The van der Waals surface area contributed by atoms with Crippen molar-refractivity contribution >= 4 is 11.7 Å². The van der Waals surface area contributed by atoms with E-state index in [0.29, 0.717) is 31.7 Å². The lowest BCUT2D eigenvalue weighted by Gasteiger charge is -2.27. The topological polar surface area (TPSA) is 71.3 Å². The monoisotopic (exact) mass is 404 g/mol. The third kappa shape index (κ3) is 5.47. The summed E-state index contributed by atoms with van der Waals surface area (Å²) in [7, 11) is 0. The molecule has 0 saturated carbocycles. The number of benzene rings is 1. The summed E-state index contributed by atoms with van der Waals surface area (Å²) in [4.78, 5) is 23.4. The van der Waals surface area contributed by atoms with Crippen LogP contribution in [0.2, 0.25) is 0 Å². The Morgan fingerprint density at radius 1 is 1.00 bits per heavy atom. The summed E-state index contributed by atoms with van der Waals surface area (Å²) >= 11 is 0. The molecular weight excluding hydrogens is 376 g/mol. The predicted molar refractivity (Wildman–Crippen MR) is 117 cm³/mol. The Bertz CT molecular complexity index is 931. The summed E-state index contributed by atoms with van der Waals surface area (Å²) < 4.78 is 5.79. The van der Waals surface area contributed by atoms with E-state index in [1.807, 2.05) is 36.5 Å². The number of rotatable bonds is 8. The van der Waals surface area contributed by atoms with Gasteiger partial charge in [-0.2, -0.15) is 0 Å². The first-order valence-electron chi connectivity index (χ1n) is 10.7. The van der Waals surface area contributed by atoms with Crippen molar-refractivity contribution in [2.24, 2.45) is 0 Å². The van der Waals surface area contributed by atoms with Crippen molar-refractivity contribution in [2.45, 2.75) is 45.1 Å². The van der Waals surface area contributed by atoms with Gasteiger partial charge < -0.3 is 14.6 Å². The van der Waals surface area contributed by atoms with E-state index in [1.165, 1.54) is 19.3 Å². The number of nitrogens with zero attached hydrogens (tertiary/aromatic N) is 3. The quantitative estimate of drug-likeness (QED) is 0.604. The van der Waals surface area contributed by atoms with Crippen molar-refractivity contribution in [1.82, 2.24) is 15.3 Å². The summed E-state index contributed by atoms with van der Waals surface area (Å²) in [6.45, 7) is 2.67. The van der Waals surface area contributed by atoms with E-state index in [0.717, 1.165) is 35.8 Å². The van der Waals surface area contributed by atoms with Gasteiger partial charge in [-0.25, -0.2) is 9.97 Å². The summed E-state index contributed by atoms with van der Waals surface area (Å²) in [6, 6.07) is 14.0. The maximum Gasteiger partial charge on any atom is 0.220 e. The molecule has 3 heterocycles. The molecule has 6 nitrogen and oxygen atoms in total. The number of hydrogen-bond acceptors (Lipinski definition) is 5. The van der Waals surface area contributed by atoms with Crippen molar-refractivity contribution < 1.29 is 9.21 Å². The van der Waals surface area contributed by atoms with Crippen LogP contribution in [0.3, 0.4) is 0 Å². The lowest BCUT2D eigenvalue weighted by Crippen LogP contribution is -2.30. The third-order valence-electron chi connectivity index (χ3n) is 5.39. The van der Waals surface area contributed by atoms with Crippen LogP contribution in [0.25, 0.3) is 11.3 Å². The number of anilines is 1. The number of amides is 1. The van der Waals surface area contributed by atoms with Gasteiger partial charge in [0.2, 0.25) is 5.91 Å². The summed E-state index contributed by atoms with van der Waals surface area (Å²) in [5, 5.41) is 2.97. The molecule has 1 N–H and O–H groups in total. The van der Waals surface area contributed by atoms with E-state index in [1.54, 1.807) is 6.20 Å². The van der Waals surface area contributed by atoms with E-state index < -0.39 is 0 Å². The fourth-order valence-corrected chi connectivity index (χ4v) is 3.68. The van der Waals surface area contributed by atoms with E-state index in [9.17, 15) is 4.79 Å². The van der Waals surface area contributed by atoms with E-state index in [-0.39, 0.29) is 5.91 Å². The lowest BCUT2D eigenvalue weighted by molar-refractivity contribution is -0.121. The molecule has 3 aromatic rings. The highest BCUT2D eigenvalue weighted by Crippen LogP contribution is 2.20. The van der Waals surface area contributed by atoms with Gasteiger partial charge in [0.25, 0.3) is 0 Å². The standard InChI is InChI=1S/C24H28N4O2/c29-23(10-7-11-24-27-18-21(30-24)20-8-3-1-4-9-20)26-17-19-12-13-22(25-16-19)28-14-5-2-6-15-28/h1,3-4,8-9,12-13,16,18H,2,5-7,10-11,14-15,17H2,(H,26,29). The van der Waals surface area contributed by atoms with Gasteiger partial charge in [0, 0.05) is 44.2 Å². The molecule has 1 fully saturated rings. The van der Waals surface area contributed by atoms with Crippen LogP contribution in [0.1, 0.15) is 43.6 Å². The van der Waals surface area contributed by atoms with Gasteiger partial charge in [-0.05, 0) is 37.3 Å². The molecule has 0 spiro atoms. The summed E-state index contributed by atoms with van der Waals surface area (Å²) in [5.41, 5.74) is 2.03. The number of pyridine rings is 1. The molecule has 4 rings (SSSR count). The highest BCUT2D eigenvalue weighted by molar-refractivity contribution is 5.75. The summed E-state index contributed by atoms with van der Waals surface area (Å²) in [5.74, 6) is 2.49. The maximum absolute atomic E-state index is 12.2. The Morgan fingerprint density at radius 3 is 2.60 bits per heavy atom. The van der Waals surface area contributed by atoms with Crippen LogP contribution in [-0.2, 0) is 17.8 Å². The number of oxazole rings is 1. The fraction of sp³-hybridized carbons (Fsp3) is 0.375. The van der Waals surface area contributed by atoms with Crippen LogP contribution in [-0.4, -0.2) is 29.0 Å². The molecule has 6 heteroatoms. The first-order valence-corrected chi connectivity index (χ1v) is 10.7. The lowest BCUT2D eigenvalue weighted by atomic mass is 10.1. The molecule has 1 saturated heterocycles. The smallest absolute Gasteiger partial charge is 0.220 e.